The highest BCUT2D eigenvalue weighted by Gasteiger charge is 2.24. The Morgan fingerprint density at radius 2 is 2.00 bits per heavy atom. The zero-order valence-electron chi connectivity index (χ0n) is 9.76. The largest absolute Gasteiger partial charge is 0.356 e. The second-order valence-corrected chi connectivity index (χ2v) is 5.61. The van der Waals surface area contributed by atoms with Gasteiger partial charge < -0.3 is 5.32 Å². The first kappa shape index (κ1) is 13.0. The summed E-state index contributed by atoms with van der Waals surface area (Å²) in [5, 5.41) is 4.00. The number of alkyl halides is 1. The first-order chi connectivity index (χ1) is 7.13. The lowest BCUT2D eigenvalue weighted by molar-refractivity contribution is -0.126. The van der Waals surface area contributed by atoms with E-state index in [9.17, 15) is 4.79 Å². The fourth-order valence-corrected chi connectivity index (χ4v) is 2.22. The molecule has 0 spiro atoms. The number of halogens is 1. The predicted octanol–water partition coefficient (Wildman–Crippen LogP) is 2.96. The second kappa shape index (κ2) is 6.51. The van der Waals surface area contributed by atoms with Gasteiger partial charge in [-0.3, -0.25) is 4.79 Å². The molecule has 88 valence electrons. The summed E-state index contributed by atoms with van der Waals surface area (Å²) in [6.45, 7) is 5.22. The molecule has 0 aromatic rings. The Kier molecular flexibility index (Phi) is 5.65. The summed E-state index contributed by atoms with van der Waals surface area (Å²) < 4.78 is 0. The highest BCUT2D eigenvalue weighted by Crippen LogP contribution is 2.28. The molecule has 0 radical (unpaired) electrons. The Balaban J connectivity index is 2.22. The van der Waals surface area contributed by atoms with Crippen LogP contribution < -0.4 is 5.32 Å². The number of hydrogen-bond acceptors (Lipinski definition) is 1. The van der Waals surface area contributed by atoms with Gasteiger partial charge in [-0.25, -0.2) is 0 Å². The van der Waals surface area contributed by atoms with E-state index >= 15 is 0 Å². The Hall–Kier alpha value is -0.0500. The maximum atomic E-state index is 11.8. The van der Waals surface area contributed by atoms with Crippen LogP contribution in [0.5, 0.6) is 0 Å². The van der Waals surface area contributed by atoms with Gasteiger partial charge in [0.25, 0.3) is 0 Å². The number of hydrogen-bond donors (Lipinski definition) is 1. The third kappa shape index (κ3) is 4.54. The van der Waals surface area contributed by atoms with Crippen molar-refractivity contribution in [2.24, 2.45) is 17.8 Å². The van der Waals surface area contributed by atoms with Crippen molar-refractivity contribution in [3.63, 3.8) is 0 Å². The maximum absolute atomic E-state index is 11.8. The molecule has 0 heterocycles. The quantitative estimate of drug-likeness (QED) is 0.786. The van der Waals surface area contributed by atoms with Crippen LogP contribution in [0.25, 0.3) is 0 Å². The van der Waals surface area contributed by atoms with Crippen molar-refractivity contribution >= 4 is 21.8 Å². The molecule has 1 N–H and O–H groups in total. The highest BCUT2D eigenvalue weighted by atomic mass is 79.9. The topological polar surface area (TPSA) is 29.1 Å². The number of carbonyl (C=O) groups is 1. The van der Waals surface area contributed by atoms with Gasteiger partial charge in [0.2, 0.25) is 5.91 Å². The van der Waals surface area contributed by atoms with Crippen molar-refractivity contribution < 1.29 is 4.79 Å². The molecule has 3 heteroatoms. The highest BCUT2D eigenvalue weighted by molar-refractivity contribution is 9.09. The van der Waals surface area contributed by atoms with E-state index in [1.165, 1.54) is 12.8 Å². The van der Waals surface area contributed by atoms with Crippen LogP contribution in [0.1, 0.15) is 39.5 Å². The van der Waals surface area contributed by atoms with Crippen LogP contribution in [0, 0.1) is 17.8 Å². The average molecular weight is 276 g/mol. The smallest absolute Gasteiger partial charge is 0.223 e. The molecule has 1 atom stereocenters. The molecule has 1 aliphatic rings. The first-order valence-electron chi connectivity index (χ1n) is 5.97. The molecule has 1 fully saturated rings. The van der Waals surface area contributed by atoms with Gasteiger partial charge in [-0.2, -0.15) is 0 Å². The average Bonchev–Trinajstić information content (AvgIpc) is 2.26. The summed E-state index contributed by atoms with van der Waals surface area (Å²) in [6.07, 6.45) is 4.59. The van der Waals surface area contributed by atoms with Gasteiger partial charge >= 0.3 is 0 Å². The molecule has 1 rings (SSSR count). The summed E-state index contributed by atoms with van der Waals surface area (Å²) in [5.41, 5.74) is 0. The second-order valence-electron chi connectivity index (χ2n) is 4.96. The van der Waals surface area contributed by atoms with E-state index in [2.05, 4.69) is 35.1 Å². The summed E-state index contributed by atoms with van der Waals surface area (Å²) in [6, 6.07) is 0. The molecule has 0 bridgehead atoms. The van der Waals surface area contributed by atoms with Gasteiger partial charge in [-0.15, -0.1) is 0 Å². The van der Waals surface area contributed by atoms with E-state index in [-0.39, 0.29) is 11.8 Å². The van der Waals surface area contributed by atoms with Crippen LogP contribution in [0.15, 0.2) is 0 Å². The van der Waals surface area contributed by atoms with Gasteiger partial charge in [-0.1, -0.05) is 29.8 Å². The van der Waals surface area contributed by atoms with Crippen LogP contribution in [0.4, 0.5) is 0 Å². The van der Waals surface area contributed by atoms with Crippen LogP contribution >= 0.6 is 15.9 Å². The van der Waals surface area contributed by atoms with Crippen molar-refractivity contribution in [2.45, 2.75) is 39.5 Å². The number of nitrogens with one attached hydrogen (secondary N) is 1. The lowest BCUT2D eigenvalue weighted by Gasteiger charge is -2.25. The van der Waals surface area contributed by atoms with E-state index < -0.39 is 0 Å². The molecule has 1 saturated carbocycles. The monoisotopic (exact) mass is 275 g/mol. The van der Waals surface area contributed by atoms with Gasteiger partial charge in [0.15, 0.2) is 0 Å². The van der Waals surface area contributed by atoms with Crippen LogP contribution in [0.2, 0.25) is 0 Å². The molecule has 0 saturated heterocycles. The molecular formula is C12H22BrNO. The fraction of sp³-hybridized carbons (Fsp3) is 0.917. The number of carbonyl (C=O) groups excluding carboxylic acids is 1. The van der Waals surface area contributed by atoms with Gasteiger partial charge in [0.1, 0.15) is 0 Å². The number of amides is 1. The molecule has 0 aliphatic heterocycles. The molecule has 0 aromatic carbocycles. The predicted molar refractivity (Wildman–Crippen MR) is 67.1 cm³/mol. The lowest BCUT2D eigenvalue weighted by atomic mass is 9.82. The Morgan fingerprint density at radius 3 is 2.53 bits per heavy atom. The van der Waals surface area contributed by atoms with Crippen molar-refractivity contribution in [3.8, 4) is 0 Å². The minimum Gasteiger partial charge on any atom is -0.356 e. The first-order valence-corrected chi connectivity index (χ1v) is 7.09. The molecule has 1 aliphatic carbocycles. The van der Waals surface area contributed by atoms with Crippen molar-refractivity contribution in [1.82, 2.24) is 5.32 Å². The SMILES string of the molecule is CC1CCC(C(=O)NCC(C)CBr)CC1. The van der Waals surface area contributed by atoms with E-state index in [0.717, 1.165) is 30.6 Å². The minimum absolute atomic E-state index is 0.273. The van der Waals surface area contributed by atoms with Crippen molar-refractivity contribution in [2.75, 3.05) is 11.9 Å². The Bertz CT molecular complexity index is 200. The number of rotatable bonds is 4. The molecule has 1 unspecified atom stereocenters. The van der Waals surface area contributed by atoms with Gasteiger partial charge in [0.05, 0.1) is 0 Å². The summed E-state index contributed by atoms with van der Waals surface area (Å²) >= 11 is 3.42. The summed E-state index contributed by atoms with van der Waals surface area (Å²) in [7, 11) is 0. The van der Waals surface area contributed by atoms with Crippen molar-refractivity contribution in [1.29, 1.82) is 0 Å². The van der Waals surface area contributed by atoms with Gasteiger partial charge in [-0.05, 0) is 37.5 Å². The van der Waals surface area contributed by atoms with Crippen LogP contribution in [-0.2, 0) is 4.79 Å². The summed E-state index contributed by atoms with van der Waals surface area (Å²) in [4.78, 5) is 11.8. The Morgan fingerprint density at radius 1 is 1.40 bits per heavy atom. The van der Waals surface area contributed by atoms with Crippen LogP contribution in [0.3, 0.4) is 0 Å². The molecular weight excluding hydrogens is 254 g/mol. The normalized spacial score (nSPS) is 28.5. The van der Waals surface area contributed by atoms with Crippen molar-refractivity contribution in [3.05, 3.63) is 0 Å². The fourth-order valence-electron chi connectivity index (χ4n) is 2.00. The van der Waals surface area contributed by atoms with Crippen LogP contribution in [-0.4, -0.2) is 17.8 Å². The van der Waals surface area contributed by atoms with E-state index in [1.807, 2.05) is 0 Å². The molecule has 15 heavy (non-hydrogen) atoms. The maximum Gasteiger partial charge on any atom is 0.223 e. The van der Waals surface area contributed by atoms with Gasteiger partial charge in [0, 0.05) is 17.8 Å². The zero-order valence-corrected chi connectivity index (χ0v) is 11.3. The molecule has 2 nitrogen and oxygen atoms in total. The molecule has 1 amide bonds. The summed E-state index contributed by atoms with van der Waals surface area (Å²) in [5.74, 6) is 1.89. The Labute approximate surface area is 101 Å². The third-order valence-corrected chi connectivity index (χ3v) is 4.38. The minimum atomic E-state index is 0.273. The van der Waals surface area contributed by atoms with E-state index in [1.54, 1.807) is 0 Å². The lowest BCUT2D eigenvalue weighted by Crippen LogP contribution is -2.35. The van der Waals surface area contributed by atoms with E-state index in [0.29, 0.717) is 5.92 Å². The zero-order chi connectivity index (χ0) is 11.3. The van der Waals surface area contributed by atoms with E-state index in [4.69, 9.17) is 0 Å². The third-order valence-electron chi connectivity index (χ3n) is 3.27. The molecule has 0 aromatic heterocycles. The standard InChI is InChI=1S/C12H22BrNO/c1-9-3-5-11(6-4-9)12(15)14-8-10(2)7-13/h9-11H,3-8H2,1-2H3,(H,14,15).